The lowest BCUT2D eigenvalue weighted by molar-refractivity contribution is -0.125. The highest BCUT2D eigenvalue weighted by Gasteiger charge is 2.09. The SMILES string of the molecule is CC(C)OCC(=O)CCC(N)c1ccccc1. The first-order chi connectivity index (χ1) is 8.09. The molecule has 0 radical (unpaired) electrons. The van der Waals surface area contributed by atoms with Crippen molar-refractivity contribution in [3.05, 3.63) is 35.9 Å². The van der Waals surface area contributed by atoms with Crippen LogP contribution in [0.3, 0.4) is 0 Å². The maximum atomic E-state index is 11.5. The van der Waals surface area contributed by atoms with E-state index in [0.717, 1.165) is 5.56 Å². The van der Waals surface area contributed by atoms with E-state index in [1.54, 1.807) is 0 Å². The Labute approximate surface area is 103 Å². The fraction of sp³-hybridized carbons (Fsp3) is 0.500. The molecule has 0 spiro atoms. The molecule has 0 saturated carbocycles. The van der Waals surface area contributed by atoms with Gasteiger partial charge in [-0.3, -0.25) is 4.79 Å². The van der Waals surface area contributed by atoms with Gasteiger partial charge in [0.05, 0.1) is 6.10 Å². The van der Waals surface area contributed by atoms with Crippen LogP contribution in [0.5, 0.6) is 0 Å². The van der Waals surface area contributed by atoms with E-state index in [1.807, 2.05) is 44.2 Å². The summed E-state index contributed by atoms with van der Waals surface area (Å²) in [4.78, 5) is 11.5. The maximum absolute atomic E-state index is 11.5. The molecule has 0 saturated heterocycles. The van der Waals surface area contributed by atoms with Crippen molar-refractivity contribution in [1.82, 2.24) is 0 Å². The van der Waals surface area contributed by atoms with Gasteiger partial charge in [0.25, 0.3) is 0 Å². The van der Waals surface area contributed by atoms with E-state index < -0.39 is 0 Å². The average Bonchev–Trinajstić information content (AvgIpc) is 2.34. The molecule has 1 unspecified atom stereocenters. The lowest BCUT2D eigenvalue weighted by Gasteiger charge is -2.12. The van der Waals surface area contributed by atoms with Crippen molar-refractivity contribution in [1.29, 1.82) is 0 Å². The number of ketones is 1. The zero-order valence-electron chi connectivity index (χ0n) is 10.6. The minimum Gasteiger partial charge on any atom is -0.371 e. The van der Waals surface area contributed by atoms with E-state index in [0.29, 0.717) is 12.8 Å². The van der Waals surface area contributed by atoms with Crippen LogP contribution >= 0.6 is 0 Å². The normalized spacial score (nSPS) is 12.7. The van der Waals surface area contributed by atoms with Crippen molar-refractivity contribution in [3.63, 3.8) is 0 Å². The summed E-state index contributed by atoms with van der Waals surface area (Å²) in [5, 5.41) is 0. The van der Waals surface area contributed by atoms with Gasteiger partial charge in [0, 0.05) is 12.5 Å². The summed E-state index contributed by atoms with van der Waals surface area (Å²) in [6, 6.07) is 9.77. The molecule has 17 heavy (non-hydrogen) atoms. The van der Waals surface area contributed by atoms with Crippen LogP contribution in [0, 0.1) is 0 Å². The Morgan fingerprint density at radius 2 is 1.94 bits per heavy atom. The predicted octanol–water partition coefficient (Wildman–Crippen LogP) is 2.46. The van der Waals surface area contributed by atoms with Gasteiger partial charge >= 0.3 is 0 Å². The smallest absolute Gasteiger partial charge is 0.158 e. The largest absolute Gasteiger partial charge is 0.371 e. The predicted molar refractivity (Wildman–Crippen MR) is 68.7 cm³/mol. The number of carbonyl (C=O) groups is 1. The molecule has 0 amide bonds. The highest BCUT2D eigenvalue weighted by atomic mass is 16.5. The van der Waals surface area contributed by atoms with Crippen molar-refractivity contribution in [3.8, 4) is 0 Å². The van der Waals surface area contributed by atoms with Gasteiger partial charge < -0.3 is 10.5 Å². The van der Waals surface area contributed by atoms with Gasteiger partial charge in [-0.15, -0.1) is 0 Å². The highest BCUT2D eigenvalue weighted by Crippen LogP contribution is 2.15. The van der Waals surface area contributed by atoms with Gasteiger partial charge in [0.2, 0.25) is 0 Å². The van der Waals surface area contributed by atoms with E-state index in [1.165, 1.54) is 0 Å². The Kier molecular flexibility index (Phi) is 5.87. The van der Waals surface area contributed by atoms with E-state index in [4.69, 9.17) is 10.5 Å². The molecule has 2 N–H and O–H groups in total. The Morgan fingerprint density at radius 3 is 2.53 bits per heavy atom. The molecule has 1 atom stereocenters. The fourth-order valence-electron chi connectivity index (χ4n) is 1.52. The maximum Gasteiger partial charge on any atom is 0.158 e. The minimum absolute atomic E-state index is 0.0702. The topological polar surface area (TPSA) is 52.3 Å². The summed E-state index contributed by atoms with van der Waals surface area (Å²) in [5.41, 5.74) is 7.08. The Bertz CT molecular complexity index is 335. The second kappa shape index (κ2) is 7.20. The van der Waals surface area contributed by atoms with Crippen molar-refractivity contribution in [2.24, 2.45) is 5.73 Å². The number of carbonyl (C=O) groups excluding carboxylic acids is 1. The molecule has 3 heteroatoms. The van der Waals surface area contributed by atoms with Crippen LogP contribution in [0.1, 0.15) is 38.3 Å². The average molecular weight is 235 g/mol. The number of benzene rings is 1. The molecule has 0 fully saturated rings. The van der Waals surface area contributed by atoms with Crippen molar-refractivity contribution in [2.45, 2.75) is 38.8 Å². The van der Waals surface area contributed by atoms with Gasteiger partial charge in [-0.1, -0.05) is 30.3 Å². The highest BCUT2D eigenvalue weighted by molar-refractivity contribution is 5.79. The van der Waals surface area contributed by atoms with E-state index >= 15 is 0 Å². The third kappa shape index (κ3) is 5.61. The molecule has 1 rings (SSSR count). The van der Waals surface area contributed by atoms with Crippen LogP contribution in [0.15, 0.2) is 30.3 Å². The number of hydrogen-bond donors (Lipinski definition) is 1. The molecule has 0 aromatic heterocycles. The molecule has 1 aromatic carbocycles. The number of Topliss-reactive ketones (excluding diaryl/α,β-unsaturated/α-hetero) is 1. The van der Waals surface area contributed by atoms with Crippen molar-refractivity contribution in [2.75, 3.05) is 6.61 Å². The summed E-state index contributed by atoms with van der Waals surface area (Å²) >= 11 is 0. The molecule has 0 aliphatic rings. The number of hydrogen-bond acceptors (Lipinski definition) is 3. The first-order valence-electron chi connectivity index (χ1n) is 6.03. The van der Waals surface area contributed by atoms with Gasteiger partial charge in [0.15, 0.2) is 5.78 Å². The van der Waals surface area contributed by atoms with Crippen LogP contribution < -0.4 is 5.73 Å². The number of rotatable bonds is 7. The van der Waals surface area contributed by atoms with Gasteiger partial charge in [0.1, 0.15) is 6.61 Å². The second-order valence-corrected chi connectivity index (χ2v) is 4.45. The molecule has 3 nitrogen and oxygen atoms in total. The molecular weight excluding hydrogens is 214 g/mol. The molecule has 0 bridgehead atoms. The molecule has 0 aliphatic heterocycles. The lowest BCUT2D eigenvalue weighted by Crippen LogP contribution is -2.16. The summed E-state index contributed by atoms with van der Waals surface area (Å²) < 4.78 is 5.25. The number of ether oxygens (including phenoxy) is 1. The fourth-order valence-corrected chi connectivity index (χ4v) is 1.52. The third-order valence-electron chi connectivity index (χ3n) is 2.54. The molecule has 0 aliphatic carbocycles. The third-order valence-corrected chi connectivity index (χ3v) is 2.54. The molecule has 94 valence electrons. The first kappa shape index (κ1) is 13.9. The lowest BCUT2D eigenvalue weighted by atomic mass is 10.0. The van der Waals surface area contributed by atoms with Gasteiger partial charge in [-0.25, -0.2) is 0 Å². The zero-order valence-corrected chi connectivity index (χ0v) is 10.6. The van der Waals surface area contributed by atoms with Gasteiger partial charge in [-0.05, 0) is 25.8 Å². The molecule has 1 aromatic rings. The first-order valence-corrected chi connectivity index (χ1v) is 6.03. The van der Waals surface area contributed by atoms with Crippen LogP contribution in [-0.2, 0) is 9.53 Å². The quantitative estimate of drug-likeness (QED) is 0.789. The van der Waals surface area contributed by atoms with Crippen molar-refractivity contribution >= 4 is 5.78 Å². The standard InChI is InChI=1S/C14H21NO2/c1-11(2)17-10-13(16)8-9-14(15)12-6-4-3-5-7-12/h3-7,11,14H,8-10,15H2,1-2H3. The number of nitrogens with two attached hydrogens (primary N) is 1. The molecule has 0 heterocycles. The summed E-state index contributed by atoms with van der Waals surface area (Å²) in [7, 11) is 0. The Morgan fingerprint density at radius 1 is 1.29 bits per heavy atom. The van der Waals surface area contributed by atoms with Gasteiger partial charge in [-0.2, -0.15) is 0 Å². The Hall–Kier alpha value is -1.19. The Balaban J connectivity index is 2.29. The molecular formula is C14H21NO2. The van der Waals surface area contributed by atoms with E-state index in [9.17, 15) is 4.79 Å². The van der Waals surface area contributed by atoms with Crippen molar-refractivity contribution < 1.29 is 9.53 Å². The summed E-state index contributed by atoms with van der Waals surface area (Å²) in [6.07, 6.45) is 1.24. The van der Waals surface area contributed by atoms with Crippen LogP contribution in [0.4, 0.5) is 0 Å². The van der Waals surface area contributed by atoms with Crippen LogP contribution in [0.2, 0.25) is 0 Å². The minimum atomic E-state index is -0.0702. The van der Waals surface area contributed by atoms with E-state index in [2.05, 4.69) is 0 Å². The van der Waals surface area contributed by atoms with Crippen LogP contribution in [-0.4, -0.2) is 18.5 Å². The van der Waals surface area contributed by atoms with E-state index in [-0.39, 0.29) is 24.5 Å². The zero-order chi connectivity index (χ0) is 12.7. The second-order valence-electron chi connectivity index (χ2n) is 4.45. The summed E-state index contributed by atoms with van der Waals surface area (Å²) in [5.74, 6) is 0.116. The monoisotopic (exact) mass is 235 g/mol. The van der Waals surface area contributed by atoms with Crippen LogP contribution in [0.25, 0.3) is 0 Å². The summed E-state index contributed by atoms with van der Waals surface area (Å²) in [6.45, 7) is 4.03.